The van der Waals surface area contributed by atoms with E-state index in [1.165, 1.54) is 0 Å². The highest BCUT2D eigenvalue weighted by molar-refractivity contribution is 7.91. The quantitative estimate of drug-likeness (QED) is 0.599. The molecule has 6 rings (SSSR count). The molecule has 5 aliphatic rings. The number of alkyl halides is 5. The monoisotopic (exact) mass is 510 g/mol. The first-order chi connectivity index (χ1) is 15.5. The van der Waals surface area contributed by atoms with Crippen molar-refractivity contribution in [2.24, 2.45) is 0 Å². The molecule has 14 heteroatoms. The van der Waals surface area contributed by atoms with Gasteiger partial charge in [-0.2, -0.15) is 13.2 Å². The highest BCUT2D eigenvalue weighted by Gasteiger charge is 2.70. The van der Waals surface area contributed by atoms with E-state index in [9.17, 15) is 31.5 Å². The summed E-state index contributed by atoms with van der Waals surface area (Å²) in [7, 11) is -3.36. The number of nitrogens with zero attached hydrogens (tertiary/aromatic N) is 3. The van der Waals surface area contributed by atoms with Gasteiger partial charge in [-0.25, -0.2) is 27.2 Å². The average Bonchev–Trinajstić information content (AvgIpc) is 2.62. The maximum absolute atomic E-state index is 15.3. The van der Waals surface area contributed by atoms with Gasteiger partial charge >= 0.3 is 6.18 Å². The zero-order valence-corrected chi connectivity index (χ0v) is 18.8. The molecule has 1 aromatic rings. The molecular weight excluding hydrogens is 487 g/mol. The molecule has 34 heavy (non-hydrogen) atoms. The second-order valence-electron chi connectivity index (χ2n) is 10.4. The van der Waals surface area contributed by atoms with E-state index in [1.54, 1.807) is 0 Å². The Hall–Kier alpha value is -2.09. The summed E-state index contributed by atoms with van der Waals surface area (Å²) < 4.78 is 95.1. The lowest BCUT2D eigenvalue weighted by Crippen LogP contribution is -2.71. The summed E-state index contributed by atoms with van der Waals surface area (Å²) in [6, 6.07) is 0. The lowest BCUT2D eigenvalue weighted by atomic mass is 9.48. The van der Waals surface area contributed by atoms with E-state index in [4.69, 9.17) is 0 Å². The minimum atomic E-state index is -5.05. The fourth-order valence-corrected chi connectivity index (χ4v) is 7.81. The number of sulfone groups is 1. The summed E-state index contributed by atoms with van der Waals surface area (Å²) in [6.45, 7) is -0.505. The largest absolute Gasteiger partial charge is 0.434 e. The Kier molecular flexibility index (Phi) is 4.86. The third-order valence-corrected chi connectivity index (χ3v) is 8.81. The number of aliphatic hydroxyl groups is 1. The number of carbonyl (C=O) groups excluding carboxylic acids is 1. The van der Waals surface area contributed by atoms with Crippen LogP contribution in [0.4, 0.5) is 27.9 Å². The van der Waals surface area contributed by atoms with Gasteiger partial charge in [0.2, 0.25) is 5.95 Å². The molecule has 0 radical (unpaired) electrons. The number of rotatable bonds is 3. The van der Waals surface area contributed by atoms with Crippen LogP contribution in [0.3, 0.4) is 0 Å². The van der Waals surface area contributed by atoms with Crippen LogP contribution in [0.25, 0.3) is 0 Å². The fourth-order valence-electron chi connectivity index (χ4n) is 6.61. The van der Waals surface area contributed by atoms with E-state index in [0.29, 0.717) is 6.20 Å². The molecule has 4 bridgehead atoms. The van der Waals surface area contributed by atoms with Gasteiger partial charge in [-0.15, -0.1) is 0 Å². The van der Waals surface area contributed by atoms with Gasteiger partial charge in [-0.3, -0.25) is 4.79 Å². The van der Waals surface area contributed by atoms with Crippen LogP contribution >= 0.6 is 0 Å². The van der Waals surface area contributed by atoms with Gasteiger partial charge in [-0.1, -0.05) is 0 Å². The summed E-state index contributed by atoms with van der Waals surface area (Å²) in [5.41, 5.74) is -9.36. The maximum Gasteiger partial charge on any atom is 0.434 e. The summed E-state index contributed by atoms with van der Waals surface area (Å²) in [5.74, 6) is -2.32. The van der Waals surface area contributed by atoms with E-state index >= 15 is 8.78 Å². The van der Waals surface area contributed by atoms with E-state index in [2.05, 4.69) is 15.3 Å². The molecular formula is C20H23F5N4O4S. The zero-order chi connectivity index (χ0) is 24.8. The van der Waals surface area contributed by atoms with Crippen LogP contribution in [0.5, 0.6) is 0 Å². The number of hydrogen-bond acceptors (Lipinski definition) is 7. The smallest absolute Gasteiger partial charge is 0.390 e. The van der Waals surface area contributed by atoms with Crippen molar-refractivity contribution in [1.82, 2.24) is 14.9 Å². The highest BCUT2D eigenvalue weighted by atomic mass is 32.2. The van der Waals surface area contributed by atoms with Crippen LogP contribution in [-0.2, 0) is 16.0 Å². The predicted molar refractivity (Wildman–Crippen MR) is 108 cm³/mol. The summed E-state index contributed by atoms with van der Waals surface area (Å²) in [6.07, 6.45) is -5.68. The number of hydrogen-bond donors (Lipinski definition) is 2. The Bertz CT molecular complexity index is 1090. The molecule has 2 unspecified atom stereocenters. The first kappa shape index (κ1) is 23.6. The van der Waals surface area contributed by atoms with Gasteiger partial charge in [0.25, 0.3) is 5.91 Å². The van der Waals surface area contributed by atoms with Crippen molar-refractivity contribution in [2.75, 3.05) is 29.9 Å². The number of nitrogens with one attached hydrogen (secondary N) is 1. The van der Waals surface area contributed by atoms with Crippen molar-refractivity contribution in [3.05, 3.63) is 17.5 Å². The number of anilines is 1. The summed E-state index contributed by atoms with van der Waals surface area (Å²) >= 11 is 0. The van der Waals surface area contributed by atoms with Crippen LogP contribution < -0.4 is 5.32 Å². The molecule has 4 aliphatic carbocycles. The maximum atomic E-state index is 15.3. The van der Waals surface area contributed by atoms with Crippen LogP contribution in [0.1, 0.15) is 54.6 Å². The molecule has 0 aromatic carbocycles. The van der Waals surface area contributed by atoms with Crippen molar-refractivity contribution in [1.29, 1.82) is 0 Å². The normalized spacial score (nSPS) is 38.7. The summed E-state index contributed by atoms with van der Waals surface area (Å²) in [5, 5.41) is 13.4. The van der Waals surface area contributed by atoms with Crippen LogP contribution in [-0.4, -0.2) is 81.4 Å². The topological polar surface area (TPSA) is 112 Å². The average molecular weight is 510 g/mol. The molecule has 1 amide bonds. The van der Waals surface area contributed by atoms with Gasteiger partial charge in [-0.05, 0) is 6.42 Å². The molecule has 2 atom stereocenters. The zero-order valence-electron chi connectivity index (χ0n) is 18.0. The number of carbonyl (C=O) groups is 1. The molecule has 1 aliphatic heterocycles. The Labute approximate surface area is 191 Å². The third kappa shape index (κ3) is 4.12. The Morgan fingerprint density at radius 3 is 2.15 bits per heavy atom. The van der Waals surface area contributed by atoms with Crippen molar-refractivity contribution in [3.63, 3.8) is 0 Å². The fraction of sp³-hybridized carbons (Fsp3) is 0.750. The molecule has 8 nitrogen and oxygen atoms in total. The van der Waals surface area contributed by atoms with Crippen molar-refractivity contribution in [3.8, 4) is 0 Å². The van der Waals surface area contributed by atoms with E-state index in [0.717, 1.165) is 4.90 Å². The number of amides is 1. The Morgan fingerprint density at radius 2 is 1.62 bits per heavy atom. The minimum absolute atomic E-state index is 0.0645. The first-order valence-corrected chi connectivity index (χ1v) is 12.7. The molecule has 188 valence electrons. The van der Waals surface area contributed by atoms with Gasteiger partial charge in [0, 0.05) is 56.9 Å². The van der Waals surface area contributed by atoms with E-state index in [1.807, 2.05) is 0 Å². The Balaban J connectivity index is 1.45. The molecule has 4 saturated carbocycles. The number of aromatic nitrogens is 2. The summed E-state index contributed by atoms with van der Waals surface area (Å²) in [4.78, 5) is 21.0. The predicted octanol–water partition coefficient (Wildman–Crippen LogP) is 2.05. The first-order valence-electron chi connectivity index (χ1n) is 10.8. The Morgan fingerprint density at radius 1 is 1.03 bits per heavy atom. The molecule has 5 fully saturated rings. The SMILES string of the molecule is O=C(c1cnc(NC23CC4(O)CC(F)(CC(F)(C4)C2)C3)nc1C(F)(F)F)N1CCS(=O)(=O)CC1. The van der Waals surface area contributed by atoms with E-state index < -0.39 is 61.6 Å². The second-order valence-corrected chi connectivity index (χ2v) is 12.7. The van der Waals surface area contributed by atoms with Gasteiger partial charge in [0.15, 0.2) is 15.5 Å². The molecule has 1 saturated heterocycles. The highest BCUT2D eigenvalue weighted by Crippen LogP contribution is 2.64. The second kappa shape index (κ2) is 6.99. The van der Waals surface area contributed by atoms with Crippen LogP contribution in [0, 0.1) is 0 Å². The van der Waals surface area contributed by atoms with Gasteiger partial charge in [0.05, 0.1) is 22.7 Å². The standard InChI is InChI=1S/C20H23F5N4O4S/c21-16-6-17(22)8-18(7-16,11-19(31,9-16)10-17)28-15-26-5-12(13(27-15)20(23,24)25)14(30)29-1-3-34(32,33)4-2-29/h5,31H,1-4,6-11H2,(H,26,27,28). The lowest BCUT2D eigenvalue weighted by molar-refractivity contribution is -0.211. The molecule has 1 aromatic heterocycles. The van der Waals surface area contributed by atoms with Crippen LogP contribution in [0.2, 0.25) is 0 Å². The minimum Gasteiger partial charge on any atom is -0.390 e. The van der Waals surface area contributed by atoms with Gasteiger partial charge < -0.3 is 15.3 Å². The number of halogens is 5. The molecule has 2 N–H and O–H groups in total. The molecule has 0 spiro atoms. The van der Waals surface area contributed by atoms with Gasteiger partial charge in [0.1, 0.15) is 11.3 Å². The van der Waals surface area contributed by atoms with Crippen molar-refractivity contribution < 1.29 is 40.3 Å². The van der Waals surface area contributed by atoms with Crippen LogP contribution in [0.15, 0.2) is 6.20 Å². The van der Waals surface area contributed by atoms with Crippen molar-refractivity contribution in [2.45, 2.75) is 67.2 Å². The lowest BCUT2D eigenvalue weighted by Gasteiger charge is -2.64. The van der Waals surface area contributed by atoms with Crippen molar-refractivity contribution >= 4 is 21.7 Å². The molecule has 2 heterocycles. The third-order valence-electron chi connectivity index (χ3n) is 7.20. The van der Waals surface area contributed by atoms with E-state index in [-0.39, 0.29) is 63.1 Å².